The number of methoxy groups -OCH3 is 1. The minimum absolute atomic E-state index is 0.00318. The summed E-state index contributed by atoms with van der Waals surface area (Å²) in [6.07, 6.45) is 5.88. The molecule has 112 valence electrons. The van der Waals surface area contributed by atoms with Crippen LogP contribution in [0, 0.1) is 5.92 Å². The Kier molecular flexibility index (Phi) is 4.25. The fraction of sp³-hybridized carbons (Fsp3) is 0.471. The number of piperidine rings is 3. The Labute approximate surface area is 125 Å². The molecule has 4 rings (SSSR count). The molecule has 0 aromatic heterocycles. The SMILES string of the molecule is COc1cccc(C=CC(=O)NC2CN3CCC2CC3)c1. The molecule has 1 aromatic rings. The van der Waals surface area contributed by atoms with E-state index in [9.17, 15) is 4.79 Å². The van der Waals surface area contributed by atoms with Crippen LogP contribution in [0.4, 0.5) is 0 Å². The smallest absolute Gasteiger partial charge is 0.244 e. The maximum Gasteiger partial charge on any atom is 0.244 e. The van der Waals surface area contributed by atoms with Crippen LogP contribution in [0.5, 0.6) is 5.75 Å². The van der Waals surface area contributed by atoms with Gasteiger partial charge in [0.05, 0.1) is 7.11 Å². The van der Waals surface area contributed by atoms with Gasteiger partial charge in [0.1, 0.15) is 5.75 Å². The van der Waals surface area contributed by atoms with Crippen LogP contribution in [0.2, 0.25) is 0 Å². The molecule has 0 radical (unpaired) electrons. The average molecular weight is 286 g/mol. The Morgan fingerprint density at radius 2 is 2.19 bits per heavy atom. The lowest BCUT2D eigenvalue weighted by Gasteiger charge is -2.44. The normalized spacial score (nSPS) is 27.8. The van der Waals surface area contributed by atoms with Gasteiger partial charge in [-0.3, -0.25) is 4.79 Å². The Hall–Kier alpha value is -1.81. The number of hydrogen-bond donors (Lipinski definition) is 1. The van der Waals surface area contributed by atoms with Gasteiger partial charge in [0.2, 0.25) is 5.91 Å². The van der Waals surface area contributed by atoms with Gasteiger partial charge in [-0.1, -0.05) is 12.1 Å². The van der Waals surface area contributed by atoms with E-state index in [1.54, 1.807) is 13.2 Å². The highest BCUT2D eigenvalue weighted by Crippen LogP contribution is 2.27. The summed E-state index contributed by atoms with van der Waals surface area (Å²) in [7, 11) is 1.64. The highest BCUT2D eigenvalue weighted by molar-refractivity contribution is 5.92. The molecule has 3 aliphatic rings. The van der Waals surface area contributed by atoms with E-state index < -0.39 is 0 Å². The van der Waals surface area contributed by atoms with Gasteiger partial charge < -0.3 is 15.0 Å². The molecule has 3 aliphatic heterocycles. The molecule has 1 atom stereocenters. The zero-order valence-electron chi connectivity index (χ0n) is 12.4. The van der Waals surface area contributed by atoms with Crippen molar-refractivity contribution in [1.82, 2.24) is 10.2 Å². The topological polar surface area (TPSA) is 41.6 Å². The zero-order chi connectivity index (χ0) is 14.7. The number of fused-ring (bicyclic) bond motifs is 3. The number of ether oxygens (including phenoxy) is 1. The highest BCUT2D eigenvalue weighted by Gasteiger charge is 2.34. The van der Waals surface area contributed by atoms with Crippen molar-refractivity contribution in [3.63, 3.8) is 0 Å². The van der Waals surface area contributed by atoms with Crippen molar-refractivity contribution in [3.05, 3.63) is 35.9 Å². The van der Waals surface area contributed by atoms with Crippen molar-refractivity contribution in [1.29, 1.82) is 0 Å². The Morgan fingerprint density at radius 1 is 1.38 bits per heavy atom. The quantitative estimate of drug-likeness (QED) is 0.860. The first kappa shape index (κ1) is 14.1. The third-order valence-corrected chi connectivity index (χ3v) is 4.50. The lowest BCUT2D eigenvalue weighted by Crippen LogP contribution is -2.57. The van der Waals surface area contributed by atoms with E-state index >= 15 is 0 Å². The van der Waals surface area contributed by atoms with Crippen LogP contribution >= 0.6 is 0 Å². The third-order valence-electron chi connectivity index (χ3n) is 4.50. The second-order valence-corrected chi connectivity index (χ2v) is 5.86. The summed E-state index contributed by atoms with van der Waals surface area (Å²) < 4.78 is 5.18. The number of nitrogens with one attached hydrogen (secondary N) is 1. The predicted octanol–water partition coefficient (Wildman–Crippen LogP) is 1.92. The third kappa shape index (κ3) is 3.45. The molecule has 1 aromatic carbocycles. The lowest BCUT2D eigenvalue weighted by molar-refractivity contribution is -0.118. The maximum atomic E-state index is 12.1. The monoisotopic (exact) mass is 286 g/mol. The molecule has 21 heavy (non-hydrogen) atoms. The van der Waals surface area contributed by atoms with Gasteiger partial charge in [-0.2, -0.15) is 0 Å². The van der Waals surface area contributed by atoms with Crippen LogP contribution < -0.4 is 10.1 Å². The number of nitrogens with zero attached hydrogens (tertiary/aromatic N) is 1. The Balaban J connectivity index is 1.57. The van der Waals surface area contributed by atoms with E-state index in [4.69, 9.17) is 4.74 Å². The number of carbonyl (C=O) groups excluding carboxylic acids is 1. The number of carbonyl (C=O) groups is 1. The van der Waals surface area contributed by atoms with Gasteiger partial charge in [-0.25, -0.2) is 0 Å². The van der Waals surface area contributed by atoms with Gasteiger partial charge in [-0.05, 0) is 55.6 Å². The van der Waals surface area contributed by atoms with E-state index in [1.165, 1.54) is 25.9 Å². The highest BCUT2D eigenvalue weighted by atomic mass is 16.5. The summed E-state index contributed by atoms with van der Waals surface area (Å²) in [6.45, 7) is 3.39. The first-order valence-corrected chi connectivity index (χ1v) is 7.59. The molecule has 3 fully saturated rings. The van der Waals surface area contributed by atoms with E-state index in [2.05, 4.69) is 10.2 Å². The standard InChI is InChI=1S/C17H22N2O2/c1-21-15-4-2-3-13(11-15)5-6-17(20)18-16-12-19-9-7-14(16)8-10-19/h2-6,11,14,16H,7-10,12H2,1H3,(H,18,20). The van der Waals surface area contributed by atoms with Crippen molar-refractivity contribution in [2.75, 3.05) is 26.7 Å². The summed E-state index contributed by atoms with van der Waals surface area (Å²) >= 11 is 0. The largest absolute Gasteiger partial charge is 0.497 e. The molecule has 3 heterocycles. The summed E-state index contributed by atoms with van der Waals surface area (Å²) in [5.74, 6) is 1.45. The molecule has 1 amide bonds. The average Bonchev–Trinajstić information content (AvgIpc) is 2.54. The Bertz CT molecular complexity index is 533. The molecular formula is C17H22N2O2. The van der Waals surface area contributed by atoms with Crippen LogP contribution in [0.3, 0.4) is 0 Å². The molecule has 3 saturated heterocycles. The van der Waals surface area contributed by atoms with Gasteiger partial charge in [-0.15, -0.1) is 0 Å². The van der Waals surface area contributed by atoms with Crippen molar-refractivity contribution in [3.8, 4) is 5.75 Å². The minimum atomic E-state index is -0.00318. The molecule has 2 bridgehead atoms. The molecule has 0 aliphatic carbocycles. The van der Waals surface area contributed by atoms with E-state index in [1.807, 2.05) is 30.3 Å². The summed E-state index contributed by atoms with van der Waals surface area (Å²) in [5.41, 5.74) is 0.971. The van der Waals surface area contributed by atoms with Crippen LogP contribution in [0.25, 0.3) is 6.08 Å². The first-order valence-electron chi connectivity index (χ1n) is 7.59. The molecule has 0 saturated carbocycles. The molecule has 0 spiro atoms. The summed E-state index contributed by atoms with van der Waals surface area (Å²) in [6, 6.07) is 8.00. The summed E-state index contributed by atoms with van der Waals surface area (Å²) in [4.78, 5) is 14.5. The van der Waals surface area contributed by atoms with Gasteiger partial charge >= 0.3 is 0 Å². The lowest BCUT2D eigenvalue weighted by atomic mass is 9.84. The van der Waals surface area contributed by atoms with Crippen molar-refractivity contribution < 1.29 is 9.53 Å². The number of hydrogen-bond acceptors (Lipinski definition) is 3. The number of benzene rings is 1. The van der Waals surface area contributed by atoms with Crippen molar-refractivity contribution >= 4 is 12.0 Å². The molecule has 1 N–H and O–H groups in total. The summed E-state index contributed by atoms with van der Waals surface area (Å²) in [5, 5.41) is 3.15. The van der Waals surface area contributed by atoms with Gasteiger partial charge in [0.15, 0.2) is 0 Å². The molecule has 1 unspecified atom stereocenters. The van der Waals surface area contributed by atoms with Crippen molar-refractivity contribution in [2.24, 2.45) is 5.92 Å². The van der Waals surface area contributed by atoms with Crippen LogP contribution in [-0.4, -0.2) is 43.6 Å². The first-order chi connectivity index (χ1) is 10.2. The predicted molar refractivity (Wildman–Crippen MR) is 83.1 cm³/mol. The fourth-order valence-electron chi connectivity index (χ4n) is 3.28. The second-order valence-electron chi connectivity index (χ2n) is 5.86. The fourth-order valence-corrected chi connectivity index (χ4v) is 3.28. The van der Waals surface area contributed by atoms with Crippen LogP contribution in [0.15, 0.2) is 30.3 Å². The van der Waals surface area contributed by atoms with Gasteiger partial charge in [0, 0.05) is 18.7 Å². The zero-order valence-corrected chi connectivity index (χ0v) is 12.4. The number of rotatable bonds is 4. The molecule has 4 heteroatoms. The minimum Gasteiger partial charge on any atom is -0.497 e. The molecular weight excluding hydrogens is 264 g/mol. The Morgan fingerprint density at radius 3 is 2.86 bits per heavy atom. The van der Waals surface area contributed by atoms with Gasteiger partial charge in [0.25, 0.3) is 0 Å². The van der Waals surface area contributed by atoms with E-state index in [0.29, 0.717) is 12.0 Å². The van der Waals surface area contributed by atoms with Crippen LogP contribution in [0.1, 0.15) is 18.4 Å². The second kappa shape index (κ2) is 6.31. The molecule has 4 nitrogen and oxygen atoms in total. The van der Waals surface area contributed by atoms with Crippen LogP contribution in [-0.2, 0) is 4.79 Å². The number of amides is 1. The maximum absolute atomic E-state index is 12.1. The van der Waals surface area contributed by atoms with E-state index in [0.717, 1.165) is 17.9 Å². The van der Waals surface area contributed by atoms with E-state index in [-0.39, 0.29) is 5.91 Å². The van der Waals surface area contributed by atoms with Crippen molar-refractivity contribution in [2.45, 2.75) is 18.9 Å².